The number of nitrogens with zero attached hydrogens (tertiary/aromatic N) is 2. The fourth-order valence-electron chi connectivity index (χ4n) is 1.72. The standard InChI is InChI=1S/C12H23N3S/c1-4-6-7-10(5-2)12-15-14-11(16-12)8-9-13-3/h10,13H,4-9H2,1-3H3. The number of aromatic nitrogens is 2. The van der Waals surface area contributed by atoms with Gasteiger partial charge < -0.3 is 5.32 Å². The number of hydrogen-bond acceptors (Lipinski definition) is 4. The van der Waals surface area contributed by atoms with Gasteiger partial charge in [0.05, 0.1) is 0 Å². The Morgan fingerprint density at radius 3 is 2.75 bits per heavy atom. The van der Waals surface area contributed by atoms with Crippen molar-refractivity contribution in [3.05, 3.63) is 10.0 Å². The Hall–Kier alpha value is -0.480. The first-order valence-corrected chi connectivity index (χ1v) is 7.10. The van der Waals surface area contributed by atoms with Gasteiger partial charge in [0.25, 0.3) is 0 Å². The summed E-state index contributed by atoms with van der Waals surface area (Å²) < 4.78 is 0. The van der Waals surface area contributed by atoms with Crippen molar-refractivity contribution in [2.24, 2.45) is 0 Å². The van der Waals surface area contributed by atoms with Crippen LogP contribution < -0.4 is 5.32 Å². The largest absolute Gasteiger partial charge is 0.319 e. The lowest BCUT2D eigenvalue weighted by Gasteiger charge is -2.09. The van der Waals surface area contributed by atoms with E-state index in [1.807, 2.05) is 7.05 Å². The molecular weight excluding hydrogens is 218 g/mol. The third-order valence-electron chi connectivity index (χ3n) is 2.82. The maximum absolute atomic E-state index is 4.33. The average molecular weight is 241 g/mol. The minimum atomic E-state index is 0.626. The van der Waals surface area contributed by atoms with Crippen LogP contribution in [-0.4, -0.2) is 23.8 Å². The highest BCUT2D eigenvalue weighted by Crippen LogP contribution is 2.27. The lowest BCUT2D eigenvalue weighted by atomic mass is 10.0. The Kier molecular flexibility index (Phi) is 6.57. The second-order valence-corrected chi connectivity index (χ2v) is 5.23. The van der Waals surface area contributed by atoms with Crippen LogP contribution in [0.25, 0.3) is 0 Å². The molecule has 0 aliphatic carbocycles. The van der Waals surface area contributed by atoms with Crippen molar-refractivity contribution in [1.29, 1.82) is 0 Å². The molecule has 1 rings (SSSR count). The fraction of sp³-hybridized carbons (Fsp3) is 0.833. The molecule has 16 heavy (non-hydrogen) atoms. The fourth-order valence-corrected chi connectivity index (χ4v) is 2.78. The van der Waals surface area contributed by atoms with E-state index in [1.165, 1.54) is 35.7 Å². The van der Waals surface area contributed by atoms with Crippen molar-refractivity contribution in [2.45, 2.75) is 51.9 Å². The summed E-state index contributed by atoms with van der Waals surface area (Å²) >= 11 is 1.79. The number of likely N-dealkylation sites (N-methyl/N-ethyl adjacent to an activating group) is 1. The van der Waals surface area contributed by atoms with Gasteiger partial charge in [-0.25, -0.2) is 0 Å². The zero-order valence-electron chi connectivity index (χ0n) is 10.6. The van der Waals surface area contributed by atoms with E-state index in [4.69, 9.17) is 0 Å². The lowest BCUT2D eigenvalue weighted by Crippen LogP contribution is -2.09. The van der Waals surface area contributed by atoms with Crippen LogP contribution in [0.15, 0.2) is 0 Å². The molecule has 1 atom stereocenters. The van der Waals surface area contributed by atoms with E-state index < -0.39 is 0 Å². The van der Waals surface area contributed by atoms with Gasteiger partial charge in [0, 0.05) is 18.9 Å². The molecule has 0 saturated carbocycles. The van der Waals surface area contributed by atoms with E-state index in [2.05, 4.69) is 29.4 Å². The van der Waals surface area contributed by atoms with Crippen LogP contribution in [0.2, 0.25) is 0 Å². The molecule has 1 N–H and O–H groups in total. The third kappa shape index (κ3) is 4.18. The van der Waals surface area contributed by atoms with Gasteiger partial charge in [-0.2, -0.15) is 0 Å². The van der Waals surface area contributed by atoms with Crippen LogP contribution in [0.4, 0.5) is 0 Å². The van der Waals surface area contributed by atoms with Gasteiger partial charge in [0.15, 0.2) is 0 Å². The van der Waals surface area contributed by atoms with Crippen molar-refractivity contribution in [1.82, 2.24) is 15.5 Å². The molecule has 0 aliphatic heterocycles. The average Bonchev–Trinajstić information content (AvgIpc) is 2.76. The van der Waals surface area contributed by atoms with Crippen molar-refractivity contribution < 1.29 is 0 Å². The molecule has 1 aromatic rings. The van der Waals surface area contributed by atoms with Crippen molar-refractivity contribution in [3.63, 3.8) is 0 Å². The van der Waals surface area contributed by atoms with E-state index in [0.29, 0.717) is 5.92 Å². The summed E-state index contributed by atoms with van der Waals surface area (Å²) in [7, 11) is 1.97. The molecule has 0 radical (unpaired) electrons. The summed E-state index contributed by atoms with van der Waals surface area (Å²) in [6.07, 6.45) is 6.00. The molecular formula is C12H23N3S. The maximum atomic E-state index is 4.33. The van der Waals surface area contributed by atoms with Gasteiger partial charge in [-0.3, -0.25) is 0 Å². The van der Waals surface area contributed by atoms with Crippen LogP contribution in [0.5, 0.6) is 0 Å². The van der Waals surface area contributed by atoms with Crippen LogP contribution in [0, 0.1) is 0 Å². The SMILES string of the molecule is CCCCC(CC)c1nnc(CCNC)s1. The lowest BCUT2D eigenvalue weighted by molar-refractivity contribution is 0.563. The predicted octanol–water partition coefficient (Wildman–Crippen LogP) is 2.98. The monoisotopic (exact) mass is 241 g/mol. The van der Waals surface area contributed by atoms with Crippen LogP contribution in [0.1, 0.15) is 55.5 Å². The summed E-state index contributed by atoms with van der Waals surface area (Å²) in [4.78, 5) is 0. The van der Waals surface area contributed by atoms with Crippen LogP contribution in [0.3, 0.4) is 0 Å². The van der Waals surface area contributed by atoms with Gasteiger partial charge in [-0.05, 0) is 19.9 Å². The summed E-state index contributed by atoms with van der Waals surface area (Å²) in [5.41, 5.74) is 0. The third-order valence-corrected chi connectivity index (χ3v) is 3.97. The molecule has 0 fully saturated rings. The molecule has 3 nitrogen and oxygen atoms in total. The topological polar surface area (TPSA) is 37.8 Å². The highest BCUT2D eigenvalue weighted by Gasteiger charge is 2.14. The molecule has 0 saturated heterocycles. The molecule has 0 amide bonds. The van der Waals surface area contributed by atoms with Crippen LogP contribution in [-0.2, 0) is 6.42 Å². The Morgan fingerprint density at radius 1 is 1.31 bits per heavy atom. The number of hydrogen-bond donors (Lipinski definition) is 1. The highest BCUT2D eigenvalue weighted by atomic mass is 32.1. The zero-order valence-corrected chi connectivity index (χ0v) is 11.4. The second kappa shape index (κ2) is 7.74. The molecule has 0 spiro atoms. The molecule has 1 aromatic heterocycles. The molecule has 0 aliphatic rings. The van der Waals surface area contributed by atoms with Crippen molar-refractivity contribution >= 4 is 11.3 Å². The second-order valence-electron chi connectivity index (χ2n) is 4.13. The summed E-state index contributed by atoms with van der Waals surface area (Å²) in [6.45, 7) is 5.47. The molecule has 0 aromatic carbocycles. The highest BCUT2D eigenvalue weighted by molar-refractivity contribution is 7.11. The van der Waals surface area contributed by atoms with Crippen molar-refractivity contribution in [2.75, 3.05) is 13.6 Å². The normalized spacial score (nSPS) is 12.9. The summed E-state index contributed by atoms with van der Waals surface area (Å²) in [5, 5.41) is 14.1. The van der Waals surface area contributed by atoms with Gasteiger partial charge in [-0.1, -0.05) is 26.7 Å². The Bertz CT molecular complexity index is 286. The Balaban J connectivity index is 2.52. The van der Waals surface area contributed by atoms with Gasteiger partial charge >= 0.3 is 0 Å². The number of nitrogens with one attached hydrogen (secondary N) is 1. The van der Waals surface area contributed by atoms with Gasteiger partial charge in [0.2, 0.25) is 0 Å². The van der Waals surface area contributed by atoms with Gasteiger partial charge in [-0.15, -0.1) is 21.5 Å². The minimum Gasteiger partial charge on any atom is -0.319 e. The number of unbranched alkanes of at least 4 members (excludes halogenated alkanes) is 1. The van der Waals surface area contributed by atoms with E-state index in [-0.39, 0.29) is 0 Å². The molecule has 1 unspecified atom stereocenters. The summed E-state index contributed by atoms with van der Waals surface area (Å²) in [6, 6.07) is 0. The zero-order chi connectivity index (χ0) is 11.8. The van der Waals surface area contributed by atoms with E-state index in [1.54, 1.807) is 11.3 Å². The van der Waals surface area contributed by atoms with E-state index in [0.717, 1.165) is 13.0 Å². The molecule has 4 heteroatoms. The van der Waals surface area contributed by atoms with Crippen molar-refractivity contribution in [3.8, 4) is 0 Å². The maximum Gasteiger partial charge on any atom is 0.120 e. The first-order valence-electron chi connectivity index (χ1n) is 6.28. The first kappa shape index (κ1) is 13.6. The van der Waals surface area contributed by atoms with Gasteiger partial charge in [0.1, 0.15) is 10.0 Å². The Morgan fingerprint density at radius 2 is 2.12 bits per heavy atom. The summed E-state index contributed by atoms with van der Waals surface area (Å²) in [5.74, 6) is 0.626. The minimum absolute atomic E-state index is 0.626. The molecule has 0 bridgehead atoms. The Labute approximate surface area is 103 Å². The quantitative estimate of drug-likeness (QED) is 0.760. The molecule has 92 valence electrons. The smallest absolute Gasteiger partial charge is 0.120 e. The van der Waals surface area contributed by atoms with E-state index >= 15 is 0 Å². The first-order chi connectivity index (χ1) is 7.81. The van der Waals surface area contributed by atoms with Crippen LogP contribution >= 0.6 is 11.3 Å². The number of rotatable bonds is 8. The predicted molar refractivity (Wildman–Crippen MR) is 70.1 cm³/mol. The van der Waals surface area contributed by atoms with E-state index in [9.17, 15) is 0 Å². The molecule has 1 heterocycles.